The molecule has 19 heavy (non-hydrogen) atoms. The van der Waals surface area contributed by atoms with Gasteiger partial charge in [0.25, 0.3) is 0 Å². The van der Waals surface area contributed by atoms with Crippen molar-refractivity contribution in [2.45, 2.75) is 38.2 Å². The van der Waals surface area contributed by atoms with Crippen LogP contribution in [0.2, 0.25) is 0 Å². The largest absolute Gasteiger partial charge is 0.376 e. The fraction of sp³-hybridized carbons (Fsp3) is 0.438. The molecule has 0 radical (unpaired) electrons. The molecule has 1 saturated heterocycles. The molecule has 2 heterocycles. The van der Waals surface area contributed by atoms with Crippen molar-refractivity contribution in [3.8, 4) is 0 Å². The minimum Gasteiger partial charge on any atom is -0.376 e. The number of ether oxygens (including phenoxy) is 1. The van der Waals surface area contributed by atoms with Crippen LogP contribution in [0.1, 0.15) is 38.3 Å². The predicted molar refractivity (Wildman–Crippen MR) is 81.4 cm³/mol. The van der Waals surface area contributed by atoms with Gasteiger partial charge in [-0.3, -0.25) is 4.98 Å². The van der Waals surface area contributed by atoms with E-state index in [4.69, 9.17) is 9.72 Å². The van der Waals surface area contributed by atoms with Gasteiger partial charge in [-0.25, -0.2) is 0 Å². The Morgan fingerprint density at radius 3 is 2.89 bits per heavy atom. The number of fused-ring (bicyclic) bond motifs is 1. The quantitative estimate of drug-likeness (QED) is 0.762. The normalized spacial score (nSPS) is 22.6. The number of rotatable bonds is 1. The summed E-state index contributed by atoms with van der Waals surface area (Å²) in [6, 6.07) is 10.6. The molecule has 1 fully saturated rings. The second-order valence-electron chi connectivity index (χ2n) is 5.87. The fourth-order valence-corrected chi connectivity index (χ4v) is 3.20. The molecule has 3 rings (SSSR count). The number of benzene rings is 1. The van der Waals surface area contributed by atoms with Gasteiger partial charge < -0.3 is 4.74 Å². The molecule has 3 heteroatoms. The Morgan fingerprint density at radius 1 is 1.26 bits per heavy atom. The Labute approximate surface area is 122 Å². The SMILES string of the molecule is CC1(C)CC(c2ccc3cc(Br)ccc3n2)CCO1. The lowest BCUT2D eigenvalue weighted by Gasteiger charge is -2.35. The molecule has 1 aliphatic heterocycles. The van der Waals surface area contributed by atoms with Gasteiger partial charge in [-0.15, -0.1) is 0 Å². The maximum atomic E-state index is 5.79. The van der Waals surface area contributed by atoms with E-state index in [0.29, 0.717) is 5.92 Å². The van der Waals surface area contributed by atoms with Crippen LogP contribution in [0, 0.1) is 0 Å². The van der Waals surface area contributed by atoms with E-state index < -0.39 is 0 Å². The number of nitrogens with zero attached hydrogens (tertiary/aromatic N) is 1. The first-order chi connectivity index (χ1) is 9.03. The van der Waals surface area contributed by atoms with Crippen LogP contribution in [0.15, 0.2) is 34.8 Å². The molecule has 1 unspecified atom stereocenters. The van der Waals surface area contributed by atoms with Crippen molar-refractivity contribution in [1.82, 2.24) is 4.98 Å². The molecular formula is C16H18BrNO. The maximum absolute atomic E-state index is 5.79. The second-order valence-corrected chi connectivity index (χ2v) is 6.79. The average molecular weight is 320 g/mol. The summed E-state index contributed by atoms with van der Waals surface area (Å²) in [4.78, 5) is 4.83. The Hall–Kier alpha value is -0.930. The summed E-state index contributed by atoms with van der Waals surface area (Å²) in [6.45, 7) is 5.16. The monoisotopic (exact) mass is 319 g/mol. The molecule has 0 bridgehead atoms. The van der Waals surface area contributed by atoms with Crippen LogP contribution in [0.3, 0.4) is 0 Å². The lowest BCUT2D eigenvalue weighted by Crippen LogP contribution is -2.33. The molecule has 1 aliphatic rings. The summed E-state index contributed by atoms with van der Waals surface area (Å²) < 4.78 is 6.89. The molecule has 0 spiro atoms. The minimum absolute atomic E-state index is 0.0285. The number of hydrogen-bond acceptors (Lipinski definition) is 2. The first kappa shape index (κ1) is 13.1. The van der Waals surface area contributed by atoms with Crippen LogP contribution < -0.4 is 0 Å². The molecule has 1 aromatic heterocycles. The minimum atomic E-state index is -0.0285. The van der Waals surface area contributed by atoms with Crippen molar-refractivity contribution in [1.29, 1.82) is 0 Å². The van der Waals surface area contributed by atoms with Crippen molar-refractivity contribution in [3.05, 3.63) is 40.5 Å². The average Bonchev–Trinajstić information content (AvgIpc) is 2.37. The summed E-state index contributed by atoms with van der Waals surface area (Å²) in [5.41, 5.74) is 2.25. The second kappa shape index (κ2) is 4.88. The first-order valence-electron chi connectivity index (χ1n) is 6.74. The van der Waals surface area contributed by atoms with Gasteiger partial charge in [-0.1, -0.05) is 22.0 Å². The zero-order valence-corrected chi connectivity index (χ0v) is 12.9. The summed E-state index contributed by atoms with van der Waals surface area (Å²) in [7, 11) is 0. The van der Waals surface area contributed by atoms with Gasteiger partial charge in [-0.05, 0) is 51.0 Å². The van der Waals surface area contributed by atoms with Crippen molar-refractivity contribution in [2.24, 2.45) is 0 Å². The van der Waals surface area contributed by atoms with E-state index in [1.54, 1.807) is 0 Å². The zero-order valence-electron chi connectivity index (χ0n) is 11.3. The molecule has 1 aromatic carbocycles. The first-order valence-corrected chi connectivity index (χ1v) is 7.53. The molecule has 0 amide bonds. The van der Waals surface area contributed by atoms with Gasteiger partial charge in [0, 0.05) is 28.1 Å². The summed E-state index contributed by atoms with van der Waals surface area (Å²) >= 11 is 3.50. The third-order valence-electron chi connectivity index (χ3n) is 3.79. The zero-order chi connectivity index (χ0) is 13.5. The molecular weight excluding hydrogens is 302 g/mol. The fourth-order valence-electron chi connectivity index (χ4n) is 2.82. The van der Waals surface area contributed by atoms with E-state index in [0.717, 1.165) is 29.4 Å². The highest BCUT2D eigenvalue weighted by Crippen LogP contribution is 2.35. The molecule has 0 N–H and O–H groups in total. The Balaban J connectivity index is 1.95. The van der Waals surface area contributed by atoms with Crippen LogP contribution in [0.4, 0.5) is 0 Å². The predicted octanol–water partition coefficient (Wildman–Crippen LogP) is 4.67. The van der Waals surface area contributed by atoms with Gasteiger partial charge in [-0.2, -0.15) is 0 Å². The molecule has 100 valence electrons. The van der Waals surface area contributed by atoms with Gasteiger partial charge in [0.15, 0.2) is 0 Å². The van der Waals surface area contributed by atoms with Crippen molar-refractivity contribution < 1.29 is 4.74 Å². The Bertz CT molecular complexity index is 609. The van der Waals surface area contributed by atoms with Crippen molar-refractivity contribution >= 4 is 26.8 Å². The van der Waals surface area contributed by atoms with Crippen LogP contribution in [-0.2, 0) is 4.74 Å². The molecule has 2 nitrogen and oxygen atoms in total. The highest BCUT2D eigenvalue weighted by molar-refractivity contribution is 9.10. The van der Waals surface area contributed by atoms with Crippen LogP contribution in [0.5, 0.6) is 0 Å². The molecule has 2 aromatic rings. The summed E-state index contributed by atoms with van der Waals surface area (Å²) in [5, 5.41) is 1.18. The lowest BCUT2D eigenvalue weighted by atomic mass is 9.86. The molecule has 0 saturated carbocycles. The smallest absolute Gasteiger partial charge is 0.0706 e. The van der Waals surface area contributed by atoms with E-state index >= 15 is 0 Å². The van der Waals surface area contributed by atoms with Crippen LogP contribution >= 0.6 is 15.9 Å². The topological polar surface area (TPSA) is 22.1 Å². The standard InChI is InChI=1S/C16H18BrNO/c1-16(2)10-12(7-8-19-16)15-5-3-11-9-13(17)4-6-14(11)18-15/h3-6,9,12H,7-8,10H2,1-2H3. The third kappa shape index (κ3) is 2.82. The summed E-state index contributed by atoms with van der Waals surface area (Å²) in [5.74, 6) is 0.511. The number of pyridine rings is 1. The molecule has 0 aliphatic carbocycles. The highest BCUT2D eigenvalue weighted by Gasteiger charge is 2.30. The van der Waals surface area contributed by atoms with E-state index in [9.17, 15) is 0 Å². The van der Waals surface area contributed by atoms with E-state index in [1.807, 2.05) is 6.07 Å². The van der Waals surface area contributed by atoms with E-state index in [-0.39, 0.29) is 5.60 Å². The van der Waals surface area contributed by atoms with Crippen LogP contribution in [-0.4, -0.2) is 17.2 Å². The van der Waals surface area contributed by atoms with Crippen molar-refractivity contribution in [3.63, 3.8) is 0 Å². The summed E-state index contributed by atoms with van der Waals surface area (Å²) in [6.07, 6.45) is 2.11. The van der Waals surface area contributed by atoms with Crippen LogP contribution in [0.25, 0.3) is 10.9 Å². The Morgan fingerprint density at radius 2 is 2.11 bits per heavy atom. The number of hydrogen-bond donors (Lipinski definition) is 0. The van der Waals surface area contributed by atoms with Gasteiger partial charge in [0.1, 0.15) is 0 Å². The maximum Gasteiger partial charge on any atom is 0.0706 e. The van der Waals surface area contributed by atoms with Gasteiger partial charge >= 0.3 is 0 Å². The number of halogens is 1. The van der Waals surface area contributed by atoms with Gasteiger partial charge in [0.05, 0.1) is 11.1 Å². The van der Waals surface area contributed by atoms with E-state index in [2.05, 4.69) is 54.0 Å². The lowest BCUT2D eigenvalue weighted by molar-refractivity contribution is -0.0597. The highest BCUT2D eigenvalue weighted by atomic mass is 79.9. The Kier molecular flexibility index (Phi) is 3.35. The van der Waals surface area contributed by atoms with Gasteiger partial charge in [0.2, 0.25) is 0 Å². The third-order valence-corrected chi connectivity index (χ3v) is 4.28. The van der Waals surface area contributed by atoms with Crippen molar-refractivity contribution in [2.75, 3.05) is 6.61 Å². The van der Waals surface area contributed by atoms with E-state index in [1.165, 1.54) is 11.1 Å². The number of aromatic nitrogens is 1. The molecule has 1 atom stereocenters.